The van der Waals surface area contributed by atoms with Gasteiger partial charge in [0.25, 0.3) is 0 Å². The van der Waals surface area contributed by atoms with E-state index in [0.29, 0.717) is 5.69 Å². The third-order valence-electron chi connectivity index (χ3n) is 2.17. The van der Waals surface area contributed by atoms with E-state index in [1.807, 2.05) is 30.3 Å². The number of oxime groups is 1. The van der Waals surface area contributed by atoms with Crippen LogP contribution in [0.4, 0.5) is 0 Å². The second kappa shape index (κ2) is 5.88. The molecule has 0 atom stereocenters. The molecule has 92 valence electrons. The third-order valence-corrected chi connectivity index (χ3v) is 4.18. The third kappa shape index (κ3) is 3.02. The Labute approximate surface area is 117 Å². The molecule has 18 heavy (non-hydrogen) atoms. The smallest absolute Gasteiger partial charge is 0.188 e. The number of nitrogens with two attached hydrogens (primary N) is 1. The summed E-state index contributed by atoms with van der Waals surface area (Å²) in [5.41, 5.74) is 5.90. The molecule has 0 aliphatic heterocycles. The molecule has 1 aromatic carbocycles. The maximum atomic E-state index is 8.54. The normalized spacial score (nSPS) is 11.5. The van der Waals surface area contributed by atoms with Gasteiger partial charge in [0.2, 0.25) is 0 Å². The van der Waals surface area contributed by atoms with E-state index in [1.54, 1.807) is 24.0 Å². The topological polar surface area (TPSA) is 71.5 Å². The van der Waals surface area contributed by atoms with E-state index in [-0.39, 0.29) is 5.84 Å². The van der Waals surface area contributed by atoms with Crippen molar-refractivity contribution in [2.24, 2.45) is 10.9 Å². The molecule has 6 heteroatoms. The van der Waals surface area contributed by atoms with Crippen molar-refractivity contribution in [3.63, 3.8) is 0 Å². The molecule has 0 radical (unpaired) electrons. The van der Waals surface area contributed by atoms with E-state index >= 15 is 0 Å². The molecule has 4 nitrogen and oxygen atoms in total. The zero-order valence-corrected chi connectivity index (χ0v) is 11.6. The van der Waals surface area contributed by atoms with Crippen LogP contribution in [0.5, 0.6) is 0 Å². The summed E-state index contributed by atoms with van der Waals surface area (Å²) >= 11 is 5.08. The lowest BCUT2D eigenvalue weighted by molar-refractivity contribution is 0.318. The standard InChI is InChI=1S/C12H10BrN3OS/c13-9-3-1-2-4-11(9)18-8-5-6-10(15-7-8)12(14)16-17/h1-7,17H,(H2,14,16). The molecule has 0 spiro atoms. The molecular formula is C12H10BrN3OS. The van der Waals surface area contributed by atoms with Gasteiger partial charge in [-0.1, -0.05) is 29.1 Å². The molecule has 0 bridgehead atoms. The van der Waals surface area contributed by atoms with Gasteiger partial charge in [0.1, 0.15) is 5.69 Å². The highest BCUT2D eigenvalue weighted by atomic mass is 79.9. The molecular weight excluding hydrogens is 314 g/mol. The van der Waals surface area contributed by atoms with Crippen LogP contribution in [0, 0.1) is 0 Å². The van der Waals surface area contributed by atoms with Crippen LogP contribution in [0.15, 0.2) is 62.0 Å². The highest BCUT2D eigenvalue weighted by molar-refractivity contribution is 9.10. The van der Waals surface area contributed by atoms with Crippen LogP contribution < -0.4 is 5.73 Å². The minimum atomic E-state index is 0.00689. The number of halogens is 1. The number of benzene rings is 1. The Morgan fingerprint density at radius 2 is 2.06 bits per heavy atom. The van der Waals surface area contributed by atoms with E-state index in [4.69, 9.17) is 10.9 Å². The van der Waals surface area contributed by atoms with Gasteiger partial charge in [-0.05, 0) is 40.2 Å². The van der Waals surface area contributed by atoms with Crippen molar-refractivity contribution >= 4 is 33.5 Å². The first-order valence-corrected chi connectivity index (χ1v) is 6.68. The first-order valence-electron chi connectivity index (χ1n) is 5.07. The Morgan fingerprint density at radius 1 is 1.28 bits per heavy atom. The van der Waals surface area contributed by atoms with Crippen LogP contribution in [0.25, 0.3) is 0 Å². The van der Waals surface area contributed by atoms with Crippen molar-refractivity contribution in [2.45, 2.75) is 9.79 Å². The summed E-state index contributed by atoms with van der Waals surface area (Å²) in [6, 6.07) is 11.5. The number of rotatable bonds is 3. The van der Waals surface area contributed by atoms with Gasteiger partial charge in [0.05, 0.1) is 0 Å². The SMILES string of the molecule is N/C(=N/O)c1ccc(Sc2ccccc2Br)cn1. The fourth-order valence-electron chi connectivity index (χ4n) is 1.30. The van der Waals surface area contributed by atoms with Crippen LogP contribution in [-0.4, -0.2) is 16.0 Å². The quantitative estimate of drug-likeness (QED) is 0.394. The van der Waals surface area contributed by atoms with Crippen molar-refractivity contribution in [1.29, 1.82) is 0 Å². The molecule has 2 aromatic rings. The van der Waals surface area contributed by atoms with Crippen molar-refractivity contribution in [3.05, 3.63) is 52.8 Å². The van der Waals surface area contributed by atoms with Gasteiger partial charge in [-0.15, -0.1) is 0 Å². The number of hydrogen-bond donors (Lipinski definition) is 2. The zero-order chi connectivity index (χ0) is 13.0. The van der Waals surface area contributed by atoms with Gasteiger partial charge < -0.3 is 10.9 Å². The largest absolute Gasteiger partial charge is 0.409 e. The highest BCUT2D eigenvalue weighted by Gasteiger charge is 2.04. The molecule has 2 rings (SSSR count). The second-order valence-electron chi connectivity index (χ2n) is 3.40. The van der Waals surface area contributed by atoms with E-state index in [9.17, 15) is 0 Å². The van der Waals surface area contributed by atoms with Gasteiger partial charge in [-0.2, -0.15) is 0 Å². The minimum absolute atomic E-state index is 0.00689. The molecule has 0 amide bonds. The summed E-state index contributed by atoms with van der Waals surface area (Å²) in [4.78, 5) is 6.21. The van der Waals surface area contributed by atoms with E-state index in [1.165, 1.54) is 0 Å². The summed E-state index contributed by atoms with van der Waals surface area (Å²) in [6.07, 6.45) is 1.69. The van der Waals surface area contributed by atoms with Gasteiger partial charge in [-0.3, -0.25) is 4.98 Å². The average molecular weight is 324 g/mol. The summed E-state index contributed by atoms with van der Waals surface area (Å²) < 4.78 is 1.04. The van der Waals surface area contributed by atoms with Gasteiger partial charge >= 0.3 is 0 Å². The summed E-state index contributed by atoms with van der Waals surface area (Å²) in [6.45, 7) is 0. The molecule has 1 heterocycles. The predicted molar refractivity (Wildman–Crippen MR) is 75.0 cm³/mol. The lowest BCUT2D eigenvalue weighted by Crippen LogP contribution is -2.14. The van der Waals surface area contributed by atoms with Crippen molar-refractivity contribution in [3.8, 4) is 0 Å². The van der Waals surface area contributed by atoms with Crippen molar-refractivity contribution in [1.82, 2.24) is 4.98 Å². The maximum Gasteiger partial charge on any atom is 0.188 e. The Morgan fingerprint density at radius 3 is 2.67 bits per heavy atom. The molecule has 0 saturated heterocycles. The van der Waals surface area contributed by atoms with Crippen LogP contribution in [-0.2, 0) is 0 Å². The van der Waals surface area contributed by atoms with E-state index in [2.05, 4.69) is 26.1 Å². The molecule has 1 aromatic heterocycles. The zero-order valence-electron chi connectivity index (χ0n) is 9.25. The number of pyridine rings is 1. The average Bonchev–Trinajstić information content (AvgIpc) is 2.41. The summed E-state index contributed by atoms with van der Waals surface area (Å²) in [5, 5.41) is 11.4. The van der Waals surface area contributed by atoms with Crippen LogP contribution in [0.1, 0.15) is 5.69 Å². The van der Waals surface area contributed by atoms with Crippen molar-refractivity contribution in [2.75, 3.05) is 0 Å². The molecule has 0 aliphatic rings. The van der Waals surface area contributed by atoms with Crippen LogP contribution in [0.3, 0.4) is 0 Å². The molecule has 0 unspecified atom stereocenters. The van der Waals surface area contributed by atoms with Crippen LogP contribution in [0.2, 0.25) is 0 Å². The molecule has 0 fully saturated rings. The summed E-state index contributed by atoms with van der Waals surface area (Å²) in [7, 11) is 0. The fraction of sp³-hybridized carbons (Fsp3) is 0. The van der Waals surface area contributed by atoms with E-state index < -0.39 is 0 Å². The number of aromatic nitrogens is 1. The number of hydrogen-bond acceptors (Lipinski definition) is 4. The monoisotopic (exact) mass is 323 g/mol. The molecule has 0 aliphatic carbocycles. The predicted octanol–water partition coefficient (Wildman–Crippen LogP) is 3.09. The van der Waals surface area contributed by atoms with Crippen molar-refractivity contribution < 1.29 is 5.21 Å². The Bertz CT molecular complexity index is 572. The van der Waals surface area contributed by atoms with Gasteiger partial charge in [-0.25, -0.2) is 0 Å². The molecule has 0 saturated carbocycles. The Balaban J connectivity index is 2.19. The highest BCUT2D eigenvalue weighted by Crippen LogP contribution is 2.32. The van der Waals surface area contributed by atoms with Gasteiger partial charge in [0.15, 0.2) is 5.84 Å². The van der Waals surface area contributed by atoms with Crippen LogP contribution >= 0.6 is 27.7 Å². The van der Waals surface area contributed by atoms with Gasteiger partial charge in [0, 0.05) is 20.5 Å². The Hall–Kier alpha value is -1.53. The lowest BCUT2D eigenvalue weighted by Gasteiger charge is -2.04. The maximum absolute atomic E-state index is 8.54. The Kier molecular flexibility index (Phi) is 4.22. The number of nitrogens with zero attached hydrogens (tertiary/aromatic N) is 2. The fourth-order valence-corrected chi connectivity index (χ4v) is 2.63. The van der Waals surface area contributed by atoms with E-state index in [0.717, 1.165) is 14.3 Å². The second-order valence-corrected chi connectivity index (χ2v) is 5.37. The first-order chi connectivity index (χ1) is 8.70. The minimum Gasteiger partial charge on any atom is -0.409 e. The summed E-state index contributed by atoms with van der Waals surface area (Å²) in [5.74, 6) is 0.00689. The molecule has 3 N–H and O–H groups in total. The number of amidine groups is 1. The lowest BCUT2D eigenvalue weighted by atomic mass is 10.3. The first kappa shape index (κ1) is 12.9.